The SMILES string of the molecule is CC1CC(C)CC(Oc2ccccc2CNC(C)(C)C)C1. The van der Waals surface area contributed by atoms with Gasteiger partial charge in [0.05, 0.1) is 6.10 Å². The molecular weight excluding hydrogens is 258 g/mol. The average Bonchev–Trinajstić information content (AvgIpc) is 2.35. The molecule has 1 aromatic rings. The van der Waals surface area contributed by atoms with E-state index in [4.69, 9.17) is 4.74 Å². The highest BCUT2D eigenvalue weighted by Gasteiger charge is 2.25. The van der Waals surface area contributed by atoms with Crippen LogP contribution in [0.15, 0.2) is 24.3 Å². The van der Waals surface area contributed by atoms with Crippen LogP contribution in [0.1, 0.15) is 59.4 Å². The Kier molecular flexibility index (Phi) is 5.32. The van der Waals surface area contributed by atoms with E-state index < -0.39 is 0 Å². The van der Waals surface area contributed by atoms with E-state index in [1.54, 1.807) is 0 Å². The first kappa shape index (κ1) is 16.4. The third-order valence-electron chi connectivity index (χ3n) is 4.21. The second-order valence-corrected chi connectivity index (χ2v) is 7.87. The molecule has 0 amide bonds. The maximum atomic E-state index is 6.35. The second-order valence-electron chi connectivity index (χ2n) is 7.87. The molecule has 2 rings (SSSR count). The lowest BCUT2D eigenvalue weighted by Gasteiger charge is -2.32. The zero-order valence-corrected chi connectivity index (χ0v) is 14.3. The Morgan fingerprint density at radius 3 is 2.29 bits per heavy atom. The molecule has 1 saturated carbocycles. The van der Waals surface area contributed by atoms with Crippen LogP contribution in [-0.4, -0.2) is 11.6 Å². The molecule has 0 spiro atoms. The predicted molar refractivity (Wildman–Crippen MR) is 89.6 cm³/mol. The highest BCUT2D eigenvalue weighted by Crippen LogP contribution is 2.32. The maximum Gasteiger partial charge on any atom is 0.124 e. The Balaban J connectivity index is 2.02. The van der Waals surface area contributed by atoms with Crippen LogP contribution in [0.25, 0.3) is 0 Å². The number of para-hydroxylation sites is 1. The van der Waals surface area contributed by atoms with Gasteiger partial charge in [0, 0.05) is 17.6 Å². The molecule has 1 aliphatic carbocycles. The molecule has 0 heterocycles. The van der Waals surface area contributed by atoms with Gasteiger partial charge in [0.15, 0.2) is 0 Å². The largest absolute Gasteiger partial charge is 0.490 e. The third kappa shape index (κ3) is 5.35. The molecule has 1 aliphatic rings. The van der Waals surface area contributed by atoms with Gasteiger partial charge < -0.3 is 10.1 Å². The van der Waals surface area contributed by atoms with Crippen molar-refractivity contribution in [3.63, 3.8) is 0 Å². The van der Waals surface area contributed by atoms with Crippen molar-refractivity contribution in [3.8, 4) is 5.75 Å². The van der Waals surface area contributed by atoms with E-state index >= 15 is 0 Å². The smallest absolute Gasteiger partial charge is 0.124 e. The standard InChI is InChI=1S/C19H31NO/c1-14-10-15(2)12-17(11-14)21-18-9-7-6-8-16(18)13-20-19(3,4)5/h6-9,14-15,17,20H,10-13H2,1-5H3. The summed E-state index contributed by atoms with van der Waals surface area (Å²) in [4.78, 5) is 0. The molecule has 1 aromatic carbocycles. The molecule has 2 unspecified atom stereocenters. The monoisotopic (exact) mass is 289 g/mol. The lowest BCUT2D eigenvalue weighted by molar-refractivity contribution is 0.0998. The molecule has 2 heteroatoms. The second kappa shape index (κ2) is 6.83. The zero-order valence-electron chi connectivity index (χ0n) is 14.3. The van der Waals surface area contributed by atoms with Crippen molar-refractivity contribution in [2.75, 3.05) is 0 Å². The number of nitrogens with one attached hydrogen (secondary N) is 1. The summed E-state index contributed by atoms with van der Waals surface area (Å²) in [6.45, 7) is 12.1. The van der Waals surface area contributed by atoms with Gasteiger partial charge in [-0.05, 0) is 57.9 Å². The van der Waals surface area contributed by atoms with Crippen LogP contribution >= 0.6 is 0 Å². The minimum atomic E-state index is 0.126. The van der Waals surface area contributed by atoms with Gasteiger partial charge in [-0.3, -0.25) is 0 Å². The summed E-state index contributed by atoms with van der Waals surface area (Å²) in [5, 5.41) is 3.55. The van der Waals surface area contributed by atoms with Crippen molar-refractivity contribution in [1.29, 1.82) is 0 Å². The van der Waals surface area contributed by atoms with Crippen LogP contribution in [0.5, 0.6) is 5.75 Å². The fraction of sp³-hybridized carbons (Fsp3) is 0.684. The minimum Gasteiger partial charge on any atom is -0.490 e. The van der Waals surface area contributed by atoms with Crippen molar-refractivity contribution in [2.24, 2.45) is 11.8 Å². The lowest BCUT2D eigenvalue weighted by atomic mass is 9.82. The maximum absolute atomic E-state index is 6.35. The average molecular weight is 289 g/mol. The Morgan fingerprint density at radius 1 is 1.05 bits per heavy atom. The highest BCUT2D eigenvalue weighted by atomic mass is 16.5. The van der Waals surface area contributed by atoms with Crippen molar-refractivity contribution in [1.82, 2.24) is 5.32 Å². The van der Waals surface area contributed by atoms with Gasteiger partial charge in [-0.25, -0.2) is 0 Å². The van der Waals surface area contributed by atoms with Gasteiger partial charge in [0.1, 0.15) is 5.75 Å². The van der Waals surface area contributed by atoms with E-state index in [2.05, 4.69) is 64.2 Å². The summed E-state index contributed by atoms with van der Waals surface area (Å²) in [7, 11) is 0. The van der Waals surface area contributed by atoms with Crippen LogP contribution in [0, 0.1) is 11.8 Å². The normalized spacial score (nSPS) is 26.6. The first-order valence-electron chi connectivity index (χ1n) is 8.33. The number of hydrogen-bond acceptors (Lipinski definition) is 2. The van der Waals surface area contributed by atoms with Crippen LogP contribution in [-0.2, 0) is 6.54 Å². The number of rotatable bonds is 4. The quantitative estimate of drug-likeness (QED) is 0.861. The summed E-state index contributed by atoms with van der Waals surface area (Å²) < 4.78 is 6.35. The zero-order chi connectivity index (χ0) is 15.5. The van der Waals surface area contributed by atoms with Crippen molar-refractivity contribution >= 4 is 0 Å². The summed E-state index contributed by atoms with van der Waals surface area (Å²) >= 11 is 0. The third-order valence-corrected chi connectivity index (χ3v) is 4.21. The first-order chi connectivity index (χ1) is 9.83. The van der Waals surface area contributed by atoms with E-state index in [1.807, 2.05) is 0 Å². The van der Waals surface area contributed by atoms with Crippen molar-refractivity contribution in [3.05, 3.63) is 29.8 Å². The molecule has 2 nitrogen and oxygen atoms in total. The molecule has 0 saturated heterocycles. The summed E-state index contributed by atoms with van der Waals surface area (Å²) in [5.41, 5.74) is 1.39. The Morgan fingerprint density at radius 2 is 1.67 bits per heavy atom. The molecule has 0 bridgehead atoms. The fourth-order valence-corrected chi connectivity index (χ4v) is 3.27. The number of benzene rings is 1. The predicted octanol–water partition coefficient (Wildman–Crippen LogP) is 4.78. The molecule has 1 fully saturated rings. The van der Waals surface area contributed by atoms with Crippen molar-refractivity contribution < 1.29 is 4.74 Å². The minimum absolute atomic E-state index is 0.126. The van der Waals surface area contributed by atoms with E-state index in [9.17, 15) is 0 Å². The highest BCUT2D eigenvalue weighted by molar-refractivity contribution is 5.33. The lowest BCUT2D eigenvalue weighted by Crippen LogP contribution is -2.35. The molecule has 118 valence electrons. The topological polar surface area (TPSA) is 21.3 Å². The molecule has 21 heavy (non-hydrogen) atoms. The Labute approximate surface area is 130 Å². The van der Waals surface area contributed by atoms with Gasteiger partial charge in [-0.15, -0.1) is 0 Å². The van der Waals surface area contributed by atoms with Gasteiger partial charge in [0.2, 0.25) is 0 Å². The molecule has 0 aromatic heterocycles. The van der Waals surface area contributed by atoms with Gasteiger partial charge >= 0.3 is 0 Å². The number of hydrogen-bond donors (Lipinski definition) is 1. The van der Waals surface area contributed by atoms with Gasteiger partial charge in [-0.1, -0.05) is 32.0 Å². The summed E-state index contributed by atoms with van der Waals surface area (Å²) in [6, 6.07) is 8.46. The number of ether oxygens (including phenoxy) is 1. The first-order valence-corrected chi connectivity index (χ1v) is 8.33. The van der Waals surface area contributed by atoms with Gasteiger partial charge in [0.25, 0.3) is 0 Å². The van der Waals surface area contributed by atoms with E-state index in [-0.39, 0.29) is 5.54 Å². The van der Waals surface area contributed by atoms with E-state index in [0.29, 0.717) is 6.10 Å². The van der Waals surface area contributed by atoms with Crippen molar-refractivity contribution in [2.45, 2.75) is 72.1 Å². The summed E-state index contributed by atoms with van der Waals surface area (Å²) in [5.74, 6) is 2.61. The Hall–Kier alpha value is -1.02. The van der Waals surface area contributed by atoms with E-state index in [1.165, 1.54) is 24.8 Å². The van der Waals surface area contributed by atoms with Crippen LogP contribution in [0.2, 0.25) is 0 Å². The van der Waals surface area contributed by atoms with Crippen LogP contribution in [0.3, 0.4) is 0 Å². The van der Waals surface area contributed by atoms with Gasteiger partial charge in [-0.2, -0.15) is 0 Å². The summed E-state index contributed by atoms with van der Waals surface area (Å²) in [6.07, 6.45) is 4.09. The van der Waals surface area contributed by atoms with Crippen LogP contribution in [0.4, 0.5) is 0 Å². The molecule has 0 radical (unpaired) electrons. The van der Waals surface area contributed by atoms with E-state index in [0.717, 1.165) is 24.1 Å². The Bertz CT molecular complexity index is 439. The van der Waals surface area contributed by atoms with Crippen LogP contribution < -0.4 is 10.1 Å². The molecule has 2 atom stereocenters. The molecule has 0 aliphatic heterocycles. The molecule has 1 N–H and O–H groups in total. The molecular formula is C19H31NO. The fourth-order valence-electron chi connectivity index (χ4n) is 3.27.